The van der Waals surface area contributed by atoms with Gasteiger partial charge in [0.05, 0.1) is 4.88 Å². The minimum atomic E-state index is -1.23. The lowest BCUT2D eigenvalue weighted by molar-refractivity contribution is -0.129. The van der Waals surface area contributed by atoms with Crippen molar-refractivity contribution in [1.29, 1.82) is 0 Å². The van der Waals surface area contributed by atoms with Crippen molar-refractivity contribution in [2.75, 3.05) is 0 Å². The molecule has 0 atom stereocenters. The monoisotopic (exact) mass is 371 g/mol. The molecule has 0 saturated heterocycles. The first-order chi connectivity index (χ1) is 12.4. The summed E-state index contributed by atoms with van der Waals surface area (Å²) in [5.74, 6) is -0.806. The summed E-state index contributed by atoms with van der Waals surface area (Å²) in [7, 11) is 0. The first kappa shape index (κ1) is 18.0. The average Bonchev–Trinajstić information content (AvgIpc) is 3.15. The number of nitrogens with zero attached hydrogens (tertiary/aromatic N) is 2. The van der Waals surface area contributed by atoms with Gasteiger partial charge in [-0.15, -0.1) is 11.3 Å². The van der Waals surface area contributed by atoms with Crippen molar-refractivity contribution < 1.29 is 9.18 Å². The molecule has 0 aliphatic carbocycles. The SMILES string of the molecule is CC(C)(C(=O)NCc1ccccc1F)n1nc(-c2cccs2)ccc1=O. The van der Waals surface area contributed by atoms with E-state index in [1.807, 2.05) is 17.5 Å². The Bertz CT molecular complexity index is 980. The second-order valence-corrected chi connectivity index (χ2v) is 7.23. The Kier molecular flexibility index (Phi) is 4.99. The van der Waals surface area contributed by atoms with E-state index in [1.54, 1.807) is 38.1 Å². The van der Waals surface area contributed by atoms with Crippen LogP contribution >= 0.6 is 11.3 Å². The van der Waals surface area contributed by atoms with Gasteiger partial charge in [-0.25, -0.2) is 9.07 Å². The van der Waals surface area contributed by atoms with E-state index in [9.17, 15) is 14.0 Å². The fraction of sp³-hybridized carbons (Fsp3) is 0.211. The highest BCUT2D eigenvalue weighted by Crippen LogP contribution is 2.22. The highest BCUT2D eigenvalue weighted by molar-refractivity contribution is 7.13. The fourth-order valence-electron chi connectivity index (χ4n) is 2.50. The zero-order valence-electron chi connectivity index (χ0n) is 14.4. The molecule has 26 heavy (non-hydrogen) atoms. The van der Waals surface area contributed by atoms with Gasteiger partial charge in [0.15, 0.2) is 0 Å². The van der Waals surface area contributed by atoms with Crippen molar-refractivity contribution in [1.82, 2.24) is 15.1 Å². The highest BCUT2D eigenvalue weighted by Gasteiger charge is 2.32. The molecule has 3 rings (SSSR count). The van der Waals surface area contributed by atoms with Crippen molar-refractivity contribution in [3.05, 3.63) is 75.6 Å². The molecular weight excluding hydrogens is 353 g/mol. The van der Waals surface area contributed by atoms with E-state index in [1.165, 1.54) is 28.2 Å². The van der Waals surface area contributed by atoms with Crippen molar-refractivity contribution in [2.24, 2.45) is 0 Å². The number of halogens is 1. The smallest absolute Gasteiger partial charge is 0.267 e. The number of nitrogens with one attached hydrogen (secondary N) is 1. The van der Waals surface area contributed by atoms with Crippen LogP contribution < -0.4 is 10.9 Å². The Morgan fingerprint density at radius 3 is 2.65 bits per heavy atom. The Labute approximate surface area is 154 Å². The number of hydrogen-bond donors (Lipinski definition) is 1. The topological polar surface area (TPSA) is 64.0 Å². The third kappa shape index (κ3) is 3.57. The largest absolute Gasteiger partial charge is 0.350 e. The van der Waals surface area contributed by atoms with Gasteiger partial charge in [-0.2, -0.15) is 5.10 Å². The number of carbonyl (C=O) groups excluding carboxylic acids is 1. The molecule has 0 saturated carbocycles. The van der Waals surface area contributed by atoms with E-state index >= 15 is 0 Å². The predicted octanol–water partition coefficient (Wildman–Crippen LogP) is 3.16. The van der Waals surface area contributed by atoms with Crippen LogP contribution in [0.5, 0.6) is 0 Å². The van der Waals surface area contributed by atoms with Crippen LogP contribution in [0.15, 0.2) is 58.7 Å². The molecule has 1 amide bonds. The van der Waals surface area contributed by atoms with Crippen molar-refractivity contribution in [3.8, 4) is 10.6 Å². The van der Waals surface area contributed by atoms with Crippen LogP contribution in [-0.4, -0.2) is 15.7 Å². The van der Waals surface area contributed by atoms with Gasteiger partial charge in [0.2, 0.25) is 5.91 Å². The lowest BCUT2D eigenvalue weighted by Crippen LogP contribution is -2.49. The van der Waals surface area contributed by atoms with E-state index in [0.29, 0.717) is 11.3 Å². The van der Waals surface area contributed by atoms with Crippen molar-refractivity contribution >= 4 is 17.2 Å². The number of benzene rings is 1. The molecule has 0 bridgehead atoms. The van der Waals surface area contributed by atoms with Crippen LogP contribution in [-0.2, 0) is 16.9 Å². The van der Waals surface area contributed by atoms with Gasteiger partial charge in [0, 0.05) is 18.2 Å². The lowest BCUT2D eigenvalue weighted by atomic mass is 10.0. The molecule has 2 heterocycles. The molecule has 0 radical (unpaired) electrons. The summed E-state index contributed by atoms with van der Waals surface area (Å²) in [5, 5.41) is 8.96. The zero-order chi connectivity index (χ0) is 18.7. The molecule has 0 unspecified atom stereocenters. The average molecular weight is 371 g/mol. The Hall–Kier alpha value is -2.80. The number of aromatic nitrogens is 2. The third-order valence-corrected chi connectivity index (χ3v) is 4.95. The van der Waals surface area contributed by atoms with Crippen LogP contribution in [0.25, 0.3) is 10.6 Å². The second kappa shape index (κ2) is 7.21. The summed E-state index contributed by atoms with van der Waals surface area (Å²) in [6.45, 7) is 3.25. The zero-order valence-corrected chi connectivity index (χ0v) is 15.2. The quantitative estimate of drug-likeness (QED) is 0.749. The summed E-state index contributed by atoms with van der Waals surface area (Å²) in [4.78, 5) is 25.9. The molecule has 7 heteroatoms. The highest BCUT2D eigenvalue weighted by atomic mass is 32.1. The molecule has 0 fully saturated rings. The van der Waals surface area contributed by atoms with E-state index < -0.39 is 11.4 Å². The van der Waals surface area contributed by atoms with E-state index in [0.717, 1.165) is 4.88 Å². The number of carbonyl (C=O) groups is 1. The molecule has 0 spiro atoms. The Balaban J connectivity index is 1.85. The molecule has 1 aromatic carbocycles. The molecule has 0 aliphatic rings. The maximum absolute atomic E-state index is 13.7. The number of thiophene rings is 1. The first-order valence-electron chi connectivity index (χ1n) is 8.06. The van der Waals surface area contributed by atoms with Crippen LogP contribution in [0.3, 0.4) is 0 Å². The van der Waals surface area contributed by atoms with Gasteiger partial charge < -0.3 is 5.32 Å². The van der Waals surface area contributed by atoms with Gasteiger partial charge in [-0.1, -0.05) is 24.3 Å². The van der Waals surface area contributed by atoms with Gasteiger partial charge in [-0.05, 0) is 37.4 Å². The number of hydrogen-bond acceptors (Lipinski definition) is 4. The van der Waals surface area contributed by atoms with Crippen LogP contribution in [0.2, 0.25) is 0 Å². The maximum atomic E-state index is 13.7. The molecular formula is C19H18FN3O2S. The Morgan fingerprint density at radius 2 is 1.96 bits per heavy atom. The minimum Gasteiger partial charge on any atom is -0.350 e. The van der Waals surface area contributed by atoms with Gasteiger partial charge in [-0.3, -0.25) is 9.59 Å². The van der Waals surface area contributed by atoms with Gasteiger partial charge >= 0.3 is 0 Å². The van der Waals surface area contributed by atoms with Crippen molar-refractivity contribution in [2.45, 2.75) is 25.9 Å². The maximum Gasteiger partial charge on any atom is 0.267 e. The van der Waals surface area contributed by atoms with Crippen LogP contribution in [0, 0.1) is 5.82 Å². The standard InChI is InChI=1S/C19H18FN3O2S/c1-19(2,18(25)21-12-13-6-3-4-7-14(13)20)23-17(24)10-9-15(22-23)16-8-5-11-26-16/h3-11H,12H2,1-2H3,(H,21,25). The summed E-state index contributed by atoms with van der Waals surface area (Å²) >= 11 is 1.50. The van der Waals surface area contributed by atoms with E-state index in [4.69, 9.17) is 0 Å². The number of rotatable bonds is 5. The molecule has 3 aromatic rings. The third-order valence-electron chi connectivity index (χ3n) is 4.06. The molecule has 134 valence electrons. The second-order valence-electron chi connectivity index (χ2n) is 6.28. The van der Waals surface area contributed by atoms with Gasteiger partial charge in [0.25, 0.3) is 5.56 Å². The molecule has 1 N–H and O–H groups in total. The van der Waals surface area contributed by atoms with Crippen LogP contribution in [0.1, 0.15) is 19.4 Å². The van der Waals surface area contributed by atoms with E-state index in [2.05, 4.69) is 10.4 Å². The minimum absolute atomic E-state index is 0.0360. The predicted molar refractivity (Wildman–Crippen MR) is 99.4 cm³/mol. The van der Waals surface area contributed by atoms with Gasteiger partial charge in [0.1, 0.15) is 17.1 Å². The lowest BCUT2D eigenvalue weighted by Gasteiger charge is -2.25. The summed E-state index contributed by atoms with van der Waals surface area (Å²) in [6.07, 6.45) is 0. The number of amides is 1. The summed E-state index contributed by atoms with van der Waals surface area (Å²) in [6, 6.07) is 13.0. The van der Waals surface area contributed by atoms with E-state index in [-0.39, 0.29) is 17.9 Å². The van der Waals surface area contributed by atoms with Crippen LogP contribution in [0.4, 0.5) is 4.39 Å². The molecule has 5 nitrogen and oxygen atoms in total. The summed E-state index contributed by atoms with van der Waals surface area (Å²) < 4.78 is 14.9. The molecule has 2 aromatic heterocycles. The Morgan fingerprint density at radius 1 is 1.19 bits per heavy atom. The first-order valence-corrected chi connectivity index (χ1v) is 8.94. The normalized spacial score (nSPS) is 11.3. The van der Waals surface area contributed by atoms with Crippen molar-refractivity contribution in [3.63, 3.8) is 0 Å². The summed E-state index contributed by atoms with van der Waals surface area (Å²) in [5.41, 5.74) is -0.606. The molecule has 0 aliphatic heterocycles. The fourth-order valence-corrected chi connectivity index (χ4v) is 3.19.